The number of fused-ring (bicyclic) bond motifs is 1. The van der Waals surface area contributed by atoms with E-state index in [4.69, 9.17) is 0 Å². The highest BCUT2D eigenvalue weighted by Crippen LogP contribution is 2.29. The largest absolute Gasteiger partial charge is 0.378 e. The molecule has 2 saturated heterocycles. The number of anilines is 1. The van der Waals surface area contributed by atoms with Crippen molar-refractivity contribution in [3.8, 4) is 0 Å². The molecule has 1 aromatic heterocycles. The topological polar surface area (TPSA) is 33.1 Å². The number of nitrogens with one attached hydrogen (secondary N) is 1. The monoisotopic (exact) mass is 220 g/mol. The highest BCUT2D eigenvalue weighted by Gasteiger charge is 2.35. The third kappa shape index (κ3) is 1.82. The smallest absolute Gasteiger partial charge is 0.0729 e. The quantitative estimate of drug-likeness (QED) is 0.819. The number of nitrogens with zero attached hydrogens (tertiary/aromatic N) is 3. The summed E-state index contributed by atoms with van der Waals surface area (Å²) in [6, 6.07) is 1.39. The van der Waals surface area contributed by atoms with Crippen molar-refractivity contribution in [1.82, 2.24) is 14.7 Å². The van der Waals surface area contributed by atoms with E-state index in [0.717, 1.165) is 6.04 Å². The van der Waals surface area contributed by atoms with Gasteiger partial charge in [-0.3, -0.25) is 9.58 Å². The molecular formula is C12H20N4. The van der Waals surface area contributed by atoms with Crippen molar-refractivity contribution in [2.45, 2.75) is 37.8 Å². The van der Waals surface area contributed by atoms with Crippen molar-refractivity contribution in [3.05, 3.63) is 12.4 Å². The van der Waals surface area contributed by atoms with Gasteiger partial charge < -0.3 is 5.32 Å². The average Bonchev–Trinajstić information content (AvgIpc) is 2.87. The Morgan fingerprint density at radius 2 is 2.25 bits per heavy atom. The lowest BCUT2D eigenvalue weighted by Gasteiger charge is -2.32. The number of hydrogen-bond acceptors (Lipinski definition) is 3. The fraction of sp³-hybridized carbons (Fsp3) is 0.750. The first kappa shape index (κ1) is 10.1. The van der Waals surface area contributed by atoms with Crippen LogP contribution in [0.4, 0.5) is 5.69 Å². The maximum absolute atomic E-state index is 4.20. The Bertz CT molecular complexity index is 360. The van der Waals surface area contributed by atoms with E-state index >= 15 is 0 Å². The molecule has 0 bridgehead atoms. The molecule has 2 aliphatic heterocycles. The summed E-state index contributed by atoms with van der Waals surface area (Å²) in [5, 5.41) is 7.84. The van der Waals surface area contributed by atoms with Crippen molar-refractivity contribution < 1.29 is 0 Å². The van der Waals surface area contributed by atoms with Crippen LogP contribution >= 0.6 is 0 Å². The number of piperidine rings is 1. The van der Waals surface area contributed by atoms with Gasteiger partial charge in [-0.15, -0.1) is 0 Å². The maximum atomic E-state index is 4.20. The Kier molecular flexibility index (Phi) is 2.59. The summed E-state index contributed by atoms with van der Waals surface area (Å²) in [5.74, 6) is 0. The standard InChI is InChI=1S/C12H20N4/c1-15-9-10(8-13-15)14-11-5-7-16-6-3-2-4-12(11)16/h8-9,11-12,14H,2-7H2,1H3. The second-order valence-electron chi connectivity index (χ2n) is 5.04. The van der Waals surface area contributed by atoms with Crippen molar-refractivity contribution in [2.75, 3.05) is 18.4 Å². The molecule has 2 aliphatic rings. The molecule has 1 aromatic rings. The van der Waals surface area contributed by atoms with Crippen LogP contribution in [0.15, 0.2) is 12.4 Å². The molecule has 1 N–H and O–H groups in total. The third-order valence-corrected chi connectivity index (χ3v) is 3.91. The second-order valence-corrected chi connectivity index (χ2v) is 5.04. The van der Waals surface area contributed by atoms with Gasteiger partial charge in [0.15, 0.2) is 0 Å². The molecule has 2 atom stereocenters. The predicted molar refractivity (Wildman–Crippen MR) is 64.4 cm³/mol. The molecular weight excluding hydrogens is 200 g/mol. The van der Waals surface area contributed by atoms with E-state index < -0.39 is 0 Å². The maximum Gasteiger partial charge on any atom is 0.0729 e. The molecule has 0 radical (unpaired) electrons. The first-order valence-corrected chi connectivity index (χ1v) is 6.32. The van der Waals surface area contributed by atoms with Gasteiger partial charge in [0.05, 0.1) is 11.9 Å². The normalized spacial score (nSPS) is 30.3. The van der Waals surface area contributed by atoms with E-state index in [1.54, 1.807) is 0 Å². The Morgan fingerprint density at radius 1 is 1.31 bits per heavy atom. The Labute approximate surface area is 96.6 Å². The van der Waals surface area contributed by atoms with E-state index in [-0.39, 0.29) is 0 Å². The van der Waals surface area contributed by atoms with Gasteiger partial charge in [0, 0.05) is 31.9 Å². The number of aryl methyl sites for hydroxylation is 1. The Morgan fingerprint density at radius 3 is 3.06 bits per heavy atom. The zero-order valence-electron chi connectivity index (χ0n) is 9.89. The first-order valence-electron chi connectivity index (χ1n) is 6.32. The van der Waals surface area contributed by atoms with Gasteiger partial charge in [-0.2, -0.15) is 5.10 Å². The summed E-state index contributed by atoms with van der Waals surface area (Å²) in [6.45, 7) is 2.57. The van der Waals surface area contributed by atoms with Gasteiger partial charge in [0.25, 0.3) is 0 Å². The number of hydrogen-bond donors (Lipinski definition) is 1. The minimum Gasteiger partial charge on any atom is -0.378 e. The summed E-state index contributed by atoms with van der Waals surface area (Å²) in [6.07, 6.45) is 9.40. The van der Waals surface area contributed by atoms with Crippen LogP contribution < -0.4 is 5.32 Å². The molecule has 88 valence electrons. The van der Waals surface area contributed by atoms with Crippen LogP contribution in [0, 0.1) is 0 Å². The Hall–Kier alpha value is -1.03. The molecule has 0 spiro atoms. The van der Waals surface area contributed by atoms with Crippen LogP contribution in [0.2, 0.25) is 0 Å². The molecule has 4 nitrogen and oxygen atoms in total. The summed E-state index contributed by atoms with van der Waals surface area (Å²) in [7, 11) is 1.97. The average molecular weight is 220 g/mol. The first-order chi connectivity index (χ1) is 7.83. The van der Waals surface area contributed by atoms with Crippen LogP contribution in [0.25, 0.3) is 0 Å². The summed E-state index contributed by atoms with van der Waals surface area (Å²) < 4.78 is 1.86. The minimum absolute atomic E-state index is 0.629. The minimum atomic E-state index is 0.629. The molecule has 4 heteroatoms. The fourth-order valence-corrected chi connectivity index (χ4v) is 3.13. The van der Waals surface area contributed by atoms with Gasteiger partial charge >= 0.3 is 0 Å². The van der Waals surface area contributed by atoms with Gasteiger partial charge in [0.2, 0.25) is 0 Å². The molecule has 2 fully saturated rings. The third-order valence-electron chi connectivity index (χ3n) is 3.91. The lowest BCUT2D eigenvalue weighted by atomic mass is 9.99. The lowest BCUT2D eigenvalue weighted by molar-refractivity contribution is 0.193. The molecule has 16 heavy (non-hydrogen) atoms. The van der Waals surface area contributed by atoms with E-state index in [9.17, 15) is 0 Å². The van der Waals surface area contributed by atoms with Crippen LogP contribution in [0.3, 0.4) is 0 Å². The van der Waals surface area contributed by atoms with Crippen molar-refractivity contribution in [2.24, 2.45) is 7.05 Å². The fourth-order valence-electron chi connectivity index (χ4n) is 3.13. The Balaban J connectivity index is 1.67. The summed E-state index contributed by atoms with van der Waals surface area (Å²) >= 11 is 0. The number of rotatable bonds is 2. The highest BCUT2D eigenvalue weighted by molar-refractivity contribution is 5.40. The van der Waals surface area contributed by atoms with Crippen LogP contribution in [0.1, 0.15) is 25.7 Å². The van der Waals surface area contributed by atoms with E-state index in [1.807, 2.05) is 17.9 Å². The van der Waals surface area contributed by atoms with E-state index in [0.29, 0.717) is 6.04 Å². The van der Waals surface area contributed by atoms with Crippen molar-refractivity contribution >= 4 is 5.69 Å². The molecule has 0 saturated carbocycles. The van der Waals surface area contributed by atoms with Crippen LogP contribution in [-0.2, 0) is 7.05 Å². The molecule has 0 aliphatic carbocycles. The molecule has 0 amide bonds. The molecule has 3 heterocycles. The summed E-state index contributed by atoms with van der Waals surface area (Å²) in [4.78, 5) is 2.65. The lowest BCUT2D eigenvalue weighted by Crippen LogP contribution is -2.41. The predicted octanol–water partition coefficient (Wildman–Crippen LogP) is 1.46. The SMILES string of the molecule is Cn1cc(NC2CCN3CCCCC23)cn1. The highest BCUT2D eigenvalue weighted by atomic mass is 15.3. The zero-order valence-corrected chi connectivity index (χ0v) is 9.89. The summed E-state index contributed by atoms with van der Waals surface area (Å²) in [5.41, 5.74) is 1.17. The van der Waals surface area contributed by atoms with Crippen molar-refractivity contribution in [3.63, 3.8) is 0 Å². The van der Waals surface area contributed by atoms with Crippen molar-refractivity contribution in [1.29, 1.82) is 0 Å². The van der Waals surface area contributed by atoms with E-state index in [2.05, 4.69) is 21.5 Å². The van der Waals surface area contributed by atoms with Gasteiger partial charge in [-0.05, 0) is 25.8 Å². The molecule has 3 rings (SSSR count). The second kappa shape index (κ2) is 4.09. The molecule has 0 aromatic carbocycles. The van der Waals surface area contributed by atoms with Crippen LogP contribution in [-0.4, -0.2) is 39.9 Å². The van der Waals surface area contributed by atoms with Gasteiger partial charge in [0.1, 0.15) is 0 Å². The van der Waals surface area contributed by atoms with E-state index in [1.165, 1.54) is 44.5 Å². The van der Waals surface area contributed by atoms with Crippen LogP contribution in [0.5, 0.6) is 0 Å². The number of aromatic nitrogens is 2. The van der Waals surface area contributed by atoms with Gasteiger partial charge in [-0.1, -0.05) is 6.42 Å². The molecule has 2 unspecified atom stereocenters. The zero-order chi connectivity index (χ0) is 11.0. The van der Waals surface area contributed by atoms with Gasteiger partial charge in [-0.25, -0.2) is 0 Å².